The normalized spacial score (nSPS) is 33.2. The lowest BCUT2D eigenvalue weighted by molar-refractivity contribution is -0.137. The fraction of sp³-hybridized carbons (Fsp3) is 0.917. The highest BCUT2D eigenvalue weighted by Crippen LogP contribution is 2.33. The molecule has 0 saturated heterocycles. The van der Waals surface area contributed by atoms with Crippen molar-refractivity contribution in [1.82, 2.24) is 5.32 Å². The van der Waals surface area contributed by atoms with E-state index in [-0.39, 0.29) is 30.3 Å². The maximum absolute atomic E-state index is 12.0. The minimum absolute atomic E-state index is 0.0421. The first-order chi connectivity index (χ1) is 8.20. The fourth-order valence-corrected chi connectivity index (χ4v) is 2.51. The molecule has 1 aliphatic carbocycles. The van der Waals surface area contributed by atoms with Gasteiger partial charge in [0, 0.05) is 18.5 Å². The molecule has 1 fully saturated rings. The highest BCUT2D eigenvalue weighted by atomic mass is 19.4. The Morgan fingerprint density at radius 3 is 2.44 bits per heavy atom. The Bertz CT molecular complexity index is 294. The molecule has 0 radical (unpaired) electrons. The van der Waals surface area contributed by atoms with Gasteiger partial charge in [-0.2, -0.15) is 13.2 Å². The van der Waals surface area contributed by atoms with Crippen molar-refractivity contribution in [2.75, 3.05) is 6.54 Å². The van der Waals surface area contributed by atoms with E-state index in [1.807, 2.05) is 13.8 Å². The lowest BCUT2D eigenvalue weighted by Crippen LogP contribution is -2.45. The van der Waals surface area contributed by atoms with E-state index in [2.05, 4.69) is 5.32 Å². The van der Waals surface area contributed by atoms with Crippen molar-refractivity contribution in [1.29, 1.82) is 0 Å². The Morgan fingerprint density at radius 1 is 1.28 bits per heavy atom. The quantitative estimate of drug-likeness (QED) is 0.821. The maximum Gasteiger partial charge on any atom is 0.390 e. The number of nitrogens with one attached hydrogen (secondary N) is 1. The Labute approximate surface area is 105 Å². The zero-order chi connectivity index (χ0) is 13.9. The molecule has 4 unspecified atom stereocenters. The smallest absolute Gasteiger partial charge is 0.356 e. The Morgan fingerprint density at radius 2 is 1.89 bits per heavy atom. The Balaban J connectivity index is 2.41. The number of carbonyl (C=O) groups is 1. The van der Waals surface area contributed by atoms with Gasteiger partial charge in [-0.25, -0.2) is 0 Å². The minimum Gasteiger partial charge on any atom is -0.356 e. The van der Waals surface area contributed by atoms with Gasteiger partial charge >= 0.3 is 6.18 Å². The van der Waals surface area contributed by atoms with Gasteiger partial charge in [0.2, 0.25) is 5.91 Å². The van der Waals surface area contributed by atoms with Crippen LogP contribution in [0.3, 0.4) is 0 Å². The second-order valence-electron chi connectivity index (χ2n) is 5.35. The summed E-state index contributed by atoms with van der Waals surface area (Å²) in [7, 11) is 0. The molecule has 0 spiro atoms. The van der Waals surface area contributed by atoms with Crippen LogP contribution < -0.4 is 11.1 Å². The third-order valence-electron chi connectivity index (χ3n) is 3.73. The number of nitrogens with two attached hydrogens (primary N) is 1. The van der Waals surface area contributed by atoms with Gasteiger partial charge < -0.3 is 11.1 Å². The number of halogens is 3. The Hall–Kier alpha value is -0.780. The average molecular weight is 266 g/mol. The molecule has 3 N–H and O–H groups in total. The molecule has 3 nitrogen and oxygen atoms in total. The van der Waals surface area contributed by atoms with Crippen LogP contribution in [0.4, 0.5) is 13.2 Å². The molecular formula is C12H21F3N2O. The molecule has 1 rings (SSSR count). The zero-order valence-corrected chi connectivity index (χ0v) is 10.8. The molecule has 0 aromatic rings. The van der Waals surface area contributed by atoms with Crippen LogP contribution in [0.5, 0.6) is 0 Å². The van der Waals surface area contributed by atoms with Gasteiger partial charge in [-0.3, -0.25) is 4.79 Å². The number of hydrogen-bond acceptors (Lipinski definition) is 2. The van der Waals surface area contributed by atoms with E-state index in [1.165, 1.54) is 0 Å². The summed E-state index contributed by atoms with van der Waals surface area (Å²) in [6.45, 7) is 3.64. The van der Waals surface area contributed by atoms with E-state index >= 15 is 0 Å². The zero-order valence-electron chi connectivity index (χ0n) is 10.8. The van der Waals surface area contributed by atoms with Gasteiger partial charge in [0.05, 0.1) is 6.42 Å². The van der Waals surface area contributed by atoms with Gasteiger partial charge in [-0.05, 0) is 24.7 Å². The summed E-state index contributed by atoms with van der Waals surface area (Å²) in [5.41, 5.74) is 5.91. The number of hydrogen-bond donors (Lipinski definition) is 2. The number of carbonyl (C=O) groups excluding carboxylic acids is 1. The topological polar surface area (TPSA) is 55.1 Å². The summed E-state index contributed by atoms with van der Waals surface area (Å²) in [5, 5.41) is 2.36. The maximum atomic E-state index is 12.0. The van der Waals surface area contributed by atoms with E-state index in [4.69, 9.17) is 5.73 Å². The molecule has 1 amide bonds. The summed E-state index contributed by atoms with van der Waals surface area (Å²) in [4.78, 5) is 11.8. The van der Waals surface area contributed by atoms with E-state index in [0.717, 1.165) is 6.42 Å². The molecule has 1 saturated carbocycles. The number of alkyl halides is 3. The first-order valence-electron chi connectivity index (χ1n) is 6.30. The van der Waals surface area contributed by atoms with Crippen molar-refractivity contribution in [2.24, 2.45) is 23.5 Å². The molecule has 4 atom stereocenters. The lowest BCUT2D eigenvalue weighted by atomic mass is 9.72. The fourth-order valence-electron chi connectivity index (χ4n) is 2.51. The standard InChI is InChI=1S/C12H21F3N2O/c1-7-5-8(2)10(16)6-9(7)11(18)17-4-3-12(13,14)15/h7-10H,3-6,16H2,1-2H3,(H,17,18). The second kappa shape index (κ2) is 5.91. The number of amides is 1. The molecule has 0 heterocycles. The largest absolute Gasteiger partial charge is 0.390 e. The summed E-state index contributed by atoms with van der Waals surface area (Å²) >= 11 is 0. The highest BCUT2D eigenvalue weighted by molar-refractivity contribution is 5.79. The molecule has 0 bridgehead atoms. The van der Waals surface area contributed by atoms with Crippen LogP contribution >= 0.6 is 0 Å². The molecule has 0 aromatic carbocycles. The Kier molecular flexibility index (Phi) is 5.01. The SMILES string of the molecule is CC1CC(C)C(C(=O)NCCC(F)(F)F)CC1N. The van der Waals surface area contributed by atoms with Crippen LogP contribution in [0.2, 0.25) is 0 Å². The molecule has 18 heavy (non-hydrogen) atoms. The summed E-state index contributed by atoms with van der Waals surface area (Å²) in [6.07, 6.45) is -3.81. The van der Waals surface area contributed by atoms with E-state index in [9.17, 15) is 18.0 Å². The van der Waals surface area contributed by atoms with E-state index < -0.39 is 12.6 Å². The van der Waals surface area contributed by atoms with Crippen molar-refractivity contribution < 1.29 is 18.0 Å². The predicted octanol–water partition coefficient (Wildman–Crippen LogP) is 2.06. The lowest BCUT2D eigenvalue weighted by Gasteiger charge is -2.36. The molecule has 1 aliphatic rings. The van der Waals surface area contributed by atoms with Crippen LogP contribution in [0.1, 0.15) is 33.1 Å². The van der Waals surface area contributed by atoms with Crippen LogP contribution in [-0.2, 0) is 4.79 Å². The summed E-state index contributed by atoms with van der Waals surface area (Å²) in [5.74, 6) is -0.0246. The third-order valence-corrected chi connectivity index (χ3v) is 3.73. The second-order valence-corrected chi connectivity index (χ2v) is 5.35. The predicted molar refractivity (Wildman–Crippen MR) is 62.7 cm³/mol. The number of rotatable bonds is 3. The van der Waals surface area contributed by atoms with Crippen molar-refractivity contribution in [3.05, 3.63) is 0 Å². The molecule has 0 aromatic heterocycles. The van der Waals surface area contributed by atoms with E-state index in [0.29, 0.717) is 12.3 Å². The van der Waals surface area contributed by atoms with Crippen molar-refractivity contribution in [3.8, 4) is 0 Å². The monoisotopic (exact) mass is 266 g/mol. The van der Waals surface area contributed by atoms with Crippen LogP contribution in [0, 0.1) is 17.8 Å². The molecular weight excluding hydrogens is 245 g/mol. The van der Waals surface area contributed by atoms with Crippen molar-refractivity contribution in [3.63, 3.8) is 0 Å². The molecule has 106 valence electrons. The van der Waals surface area contributed by atoms with Gasteiger partial charge in [-0.15, -0.1) is 0 Å². The van der Waals surface area contributed by atoms with E-state index in [1.54, 1.807) is 0 Å². The van der Waals surface area contributed by atoms with Gasteiger partial charge in [0.25, 0.3) is 0 Å². The van der Waals surface area contributed by atoms with Gasteiger partial charge in [-0.1, -0.05) is 13.8 Å². The van der Waals surface area contributed by atoms with Crippen LogP contribution in [0.15, 0.2) is 0 Å². The first kappa shape index (κ1) is 15.3. The van der Waals surface area contributed by atoms with Gasteiger partial charge in [0.1, 0.15) is 0 Å². The highest BCUT2D eigenvalue weighted by Gasteiger charge is 2.35. The van der Waals surface area contributed by atoms with Gasteiger partial charge in [0.15, 0.2) is 0 Å². The minimum atomic E-state index is -4.23. The molecule has 0 aliphatic heterocycles. The average Bonchev–Trinajstić information content (AvgIpc) is 2.21. The van der Waals surface area contributed by atoms with Crippen molar-refractivity contribution >= 4 is 5.91 Å². The molecule has 6 heteroatoms. The first-order valence-corrected chi connectivity index (χ1v) is 6.30. The van der Waals surface area contributed by atoms with Crippen LogP contribution in [0.25, 0.3) is 0 Å². The third kappa shape index (κ3) is 4.48. The summed E-state index contributed by atoms with van der Waals surface area (Å²) < 4.78 is 35.9. The van der Waals surface area contributed by atoms with Crippen molar-refractivity contribution in [2.45, 2.75) is 45.3 Å². The van der Waals surface area contributed by atoms with Crippen LogP contribution in [-0.4, -0.2) is 24.7 Å². The summed E-state index contributed by atoms with van der Waals surface area (Å²) in [6, 6.07) is -0.0421.